The third kappa shape index (κ3) is 20.2. The highest BCUT2D eigenvalue weighted by Crippen LogP contribution is 2.09. The van der Waals surface area contributed by atoms with Gasteiger partial charge in [0.25, 0.3) is 0 Å². The molecular weight excluding hydrogens is 748 g/mol. The van der Waals surface area contributed by atoms with Crippen molar-refractivity contribution in [2.24, 2.45) is 0 Å². The first-order valence-corrected chi connectivity index (χ1v) is 20.0. The number of carboxylic acids is 2. The number of unbranched alkanes of at least 4 members (excludes halogenated alkanes) is 4. The van der Waals surface area contributed by atoms with Crippen LogP contribution >= 0.6 is 0 Å². The Bertz CT molecular complexity index is 1560. The van der Waals surface area contributed by atoms with Crippen LogP contribution in [0.4, 0.5) is 0 Å². The normalized spacial score (nSPS) is 15.0. The predicted molar refractivity (Wildman–Crippen MR) is 217 cm³/mol. The van der Waals surface area contributed by atoms with Gasteiger partial charge in [-0.3, -0.25) is 48.3 Å². The Balaban J connectivity index is 1.57. The number of carbonyl (C=O) groups excluding carboxylic acids is 5. The van der Waals surface area contributed by atoms with E-state index in [1.54, 1.807) is 9.80 Å². The summed E-state index contributed by atoms with van der Waals surface area (Å²) >= 11 is 0. The molecule has 1 aliphatic rings. The molecule has 0 spiro atoms. The summed E-state index contributed by atoms with van der Waals surface area (Å²) in [5.74, 6) is -3.52. The number of rotatable bonds is 26. The van der Waals surface area contributed by atoms with Crippen LogP contribution in [-0.4, -0.2) is 158 Å². The molecule has 0 radical (unpaired) electrons. The Labute approximate surface area is 340 Å². The number of nitrogens with one attached hydrogen (secondary N) is 5. The van der Waals surface area contributed by atoms with Crippen LogP contribution in [0.1, 0.15) is 49.7 Å². The topological polar surface area (TPSA) is 230 Å². The lowest BCUT2D eigenvalue weighted by atomic mass is 10.0. The quantitative estimate of drug-likeness (QED) is 0.0487. The highest BCUT2D eigenvalue weighted by atomic mass is 16.4. The maximum Gasteiger partial charge on any atom is 0.317 e. The fraction of sp³-hybridized carbons (Fsp3) is 0.537. The molecule has 1 heterocycles. The molecule has 1 aliphatic heterocycles. The summed E-state index contributed by atoms with van der Waals surface area (Å²) in [4.78, 5) is 91.8. The van der Waals surface area contributed by atoms with E-state index in [0.717, 1.165) is 36.8 Å². The van der Waals surface area contributed by atoms with Gasteiger partial charge >= 0.3 is 11.9 Å². The van der Waals surface area contributed by atoms with Crippen LogP contribution in [0.25, 0.3) is 0 Å². The smallest absolute Gasteiger partial charge is 0.317 e. The van der Waals surface area contributed by atoms with E-state index < -0.39 is 35.8 Å². The first-order chi connectivity index (χ1) is 28.0. The van der Waals surface area contributed by atoms with Crippen molar-refractivity contribution >= 4 is 42.0 Å². The molecule has 7 N–H and O–H groups in total. The highest BCUT2D eigenvalue weighted by Gasteiger charge is 2.28. The summed E-state index contributed by atoms with van der Waals surface area (Å²) in [7, 11) is 0. The van der Waals surface area contributed by atoms with E-state index in [0.29, 0.717) is 58.6 Å². The number of aliphatic carboxylic acids is 2. The molecule has 5 amide bonds. The Morgan fingerprint density at radius 3 is 1.53 bits per heavy atom. The fourth-order valence-corrected chi connectivity index (χ4v) is 6.57. The molecule has 2 unspecified atom stereocenters. The fourth-order valence-electron chi connectivity index (χ4n) is 6.57. The second-order valence-electron chi connectivity index (χ2n) is 14.4. The predicted octanol–water partition coefficient (Wildman–Crippen LogP) is -0.151. The minimum atomic E-state index is -0.990. The van der Waals surface area contributed by atoms with Crippen LogP contribution < -0.4 is 26.6 Å². The van der Waals surface area contributed by atoms with Crippen molar-refractivity contribution in [3.05, 3.63) is 71.8 Å². The van der Waals surface area contributed by atoms with Crippen molar-refractivity contribution in [2.45, 2.75) is 63.5 Å². The van der Waals surface area contributed by atoms with E-state index in [9.17, 15) is 43.8 Å². The summed E-state index contributed by atoms with van der Waals surface area (Å²) in [6, 6.07) is 16.6. The average Bonchev–Trinajstić information content (AvgIpc) is 3.28. The van der Waals surface area contributed by atoms with E-state index >= 15 is 0 Å². The lowest BCUT2D eigenvalue weighted by Gasteiger charge is -2.25. The maximum atomic E-state index is 13.8. The Morgan fingerprint density at radius 2 is 1.02 bits per heavy atom. The molecule has 1 saturated heterocycles. The minimum Gasteiger partial charge on any atom is -0.480 e. The van der Waals surface area contributed by atoms with Crippen LogP contribution in [0.15, 0.2) is 60.7 Å². The molecule has 3 rings (SSSR count). The first kappa shape index (κ1) is 47.0. The van der Waals surface area contributed by atoms with Gasteiger partial charge in [-0.25, -0.2) is 0 Å². The molecule has 2 atom stereocenters. The summed E-state index contributed by atoms with van der Waals surface area (Å²) < 4.78 is 0. The van der Waals surface area contributed by atoms with Crippen molar-refractivity contribution in [3.63, 3.8) is 0 Å². The van der Waals surface area contributed by atoms with Crippen LogP contribution in [0, 0.1) is 0 Å². The zero-order valence-electron chi connectivity index (χ0n) is 33.2. The number of hydrogen-bond donors (Lipinski definition) is 7. The molecule has 0 aromatic heterocycles. The molecule has 0 saturated carbocycles. The summed E-state index contributed by atoms with van der Waals surface area (Å²) in [6.45, 7) is 2.78. The molecule has 2 aromatic carbocycles. The first-order valence-electron chi connectivity index (χ1n) is 20.0. The lowest BCUT2D eigenvalue weighted by Crippen LogP contribution is -2.55. The molecule has 1 fully saturated rings. The minimum absolute atomic E-state index is 0.00280. The number of carbonyl (C=O) groups is 7. The van der Waals surface area contributed by atoms with E-state index in [4.69, 9.17) is 0 Å². The van der Waals surface area contributed by atoms with Gasteiger partial charge in [0.1, 0.15) is 12.1 Å². The molecular formula is C41H60N8O9. The van der Waals surface area contributed by atoms with Crippen molar-refractivity contribution in [1.82, 2.24) is 41.3 Å². The summed E-state index contributed by atoms with van der Waals surface area (Å²) in [5, 5.41) is 32.6. The molecule has 17 nitrogen and oxygen atoms in total. The van der Waals surface area contributed by atoms with Crippen molar-refractivity contribution < 1.29 is 43.8 Å². The zero-order chi connectivity index (χ0) is 42.0. The SMILES string of the molecule is O=CNCCCCCCCC(=O)NC(Cc1ccccc1)C(=O)NC(Cc1ccccc1)C(=O)NCCNC(=O)CN1CCN(CC(=O)O)CCN(CC(=O)O)CC1. The van der Waals surface area contributed by atoms with Gasteiger partial charge in [0.15, 0.2) is 0 Å². The summed E-state index contributed by atoms with van der Waals surface area (Å²) in [5.41, 5.74) is 1.66. The van der Waals surface area contributed by atoms with Crippen LogP contribution in [0.3, 0.4) is 0 Å². The van der Waals surface area contributed by atoms with Gasteiger partial charge in [-0.1, -0.05) is 79.9 Å². The Hall–Kier alpha value is -5.39. The van der Waals surface area contributed by atoms with Crippen LogP contribution in [0.5, 0.6) is 0 Å². The van der Waals surface area contributed by atoms with Gasteiger partial charge in [-0.05, 0) is 24.0 Å². The summed E-state index contributed by atoms with van der Waals surface area (Å²) in [6.07, 6.45) is 5.54. The number of amides is 5. The number of nitrogens with zero attached hydrogens (tertiary/aromatic N) is 3. The monoisotopic (exact) mass is 808 g/mol. The van der Waals surface area contributed by atoms with Gasteiger partial charge in [0, 0.05) is 78.2 Å². The van der Waals surface area contributed by atoms with E-state index in [1.807, 2.05) is 65.6 Å². The van der Waals surface area contributed by atoms with E-state index in [2.05, 4.69) is 26.6 Å². The second-order valence-corrected chi connectivity index (χ2v) is 14.4. The Morgan fingerprint density at radius 1 is 0.552 bits per heavy atom. The Kier molecular flexibility index (Phi) is 22.1. The van der Waals surface area contributed by atoms with E-state index in [-0.39, 0.29) is 63.8 Å². The van der Waals surface area contributed by atoms with Gasteiger partial charge < -0.3 is 36.8 Å². The van der Waals surface area contributed by atoms with Crippen LogP contribution in [0.2, 0.25) is 0 Å². The van der Waals surface area contributed by atoms with Gasteiger partial charge in [0.2, 0.25) is 30.0 Å². The van der Waals surface area contributed by atoms with Gasteiger partial charge in [-0.15, -0.1) is 0 Å². The van der Waals surface area contributed by atoms with Gasteiger partial charge in [-0.2, -0.15) is 0 Å². The van der Waals surface area contributed by atoms with E-state index in [1.165, 1.54) is 0 Å². The lowest BCUT2D eigenvalue weighted by molar-refractivity contribution is -0.140. The number of hydrogen-bond acceptors (Lipinski definition) is 10. The maximum absolute atomic E-state index is 13.8. The van der Waals surface area contributed by atoms with Crippen LogP contribution in [-0.2, 0) is 46.4 Å². The highest BCUT2D eigenvalue weighted by molar-refractivity contribution is 5.92. The van der Waals surface area contributed by atoms with Gasteiger partial charge in [0.05, 0.1) is 19.6 Å². The molecule has 318 valence electrons. The number of carboxylic acid groups (broad SMARTS) is 2. The van der Waals surface area contributed by atoms with Crippen molar-refractivity contribution in [3.8, 4) is 0 Å². The van der Waals surface area contributed by atoms with Crippen molar-refractivity contribution in [2.75, 3.05) is 78.5 Å². The third-order valence-corrected chi connectivity index (χ3v) is 9.69. The molecule has 0 aliphatic carbocycles. The third-order valence-electron chi connectivity index (χ3n) is 9.69. The molecule has 58 heavy (non-hydrogen) atoms. The largest absolute Gasteiger partial charge is 0.480 e. The zero-order valence-corrected chi connectivity index (χ0v) is 33.2. The molecule has 2 aromatic rings. The standard InChI is InChI=1S/C41H60N8O9/c50-31-42-17-11-3-1-2-10-16-36(51)45-35(27-33-14-8-5-9-15-33)41(58)46-34(26-32-12-6-4-7-13-32)40(57)44-19-18-43-37(52)28-47-20-22-48(29-38(53)54)24-25-49(23-21-47)30-39(55)56/h4-9,12-15,31,34-35H,1-3,10-11,16-30H2,(H,42,50)(H,43,52)(H,44,57)(H,45,51)(H,46,58)(H,53,54)(H,55,56). The second kappa shape index (κ2) is 27.3. The number of benzene rings is 2. The molecule has 17 heteroatoms. The molecule has 0 bridgehead atoms. The van der Waals surface area contributed by atoms with Crippen molar-refractivity contribution in [1.29, 1.82) is 0 Å². The average molecular weight is 809 g/mol.